The largest absolute Gasteiger partial charge is 0.462 e. The van der Waals surface area contributed by atoms with Crippen molar-refractivity contribution in [2.75, 3.05) is 0 Å². The van der Waals surface area contributed by atoms with Crippen LogP contribution in [-0.2, 0) is 14.3 Å². The molecule has 176 valence electrons. The van der Waals surface area contributed by atoms with Gasteiger partial charge in [-0.3, -0.25) is 9.59 Å². The molecule has 1 heterocycles. The van der Waals surface area contributed by atoms with Crippen LogP contribution in [0.3, 0.4) is 0 Å². The van der Waals surface area contributed by atoms with E-state index in [1.807, 2.05) is 20.8 Å². The van der Waals surface area contributed by atoms with Gasteiger partial charge in [-0.25, -0.2) is 0 Å². The Bertz CT molecular complexity index is 550. The molecule has 1 rings (SSSR count). The topological polar surface area (TPSA) is 104 Å². The molecule has 0 amide bonds. The third-order valence-corrected chi connectivity index (χ3v) is 7.20. The minimum atomic E-state index is -1.06. The number of hydrogen-bond donors (Lipinski definition) is 3. The van der Waals surface area contributed by atoms with Crippen LogP contribution >= 0.6 is 0 Å². The van der Waals surface area contributed by atoms with Crippen molar-refractivity contribution in [2.45, 2.75) is 105 Å². The molecule has 0 unspecified atom stereocenters. The zero-order chi connectivity index (χ0) is 23.2. The molecule has 0 aromatic carbocycles. The summed E-state index contributed by atoms with van der Waals surface area (Å²) in [7, 11) is 0. The summed E-state index contributed by atoms with van der Waals surface area (Å²) in [5.74, 6) is -3.45. The van der Waals surface area contributed by atoms with Gasteiger partial charge in [0, 0.05) is 23.7 Å². The second kappa shape index (κ2) is 12.2. The Morgan fingerprint density at radius 3 is 1.97 bits per heavy atom. The lowest BCUT2D eigenvalue weighted by Crippen LogP contribution is -2.45. The van der Waals surface area contributed by atoms with Crippen molar-refractivity contribution in [3.05, 3.63) is 0 Å². The van der Waals surface area contributed by atoms with E-state index < -0.39 is 54.1 Å². The molecule has 6 nitrogen and oxygen atoms in total. The number of hydrogen-bond acceptors (Lipinski definition) is 6. The van der Waals surface area contributed by atoms with Gasteiger partial charge in [0.2, 0.25) is 0 Å². The minimum absolute atomic E-state index is 0.0503. The van der Waals surface area contributed by atoms with Crippen LogP contribution in [0.1, 0.15) is 80.6 Å². The number of carbonyl (C=O) groups is 2. The van der Waals surface area contributed by atoms with Crippen molar-refractivity contribution in [1.29, 1.82) is 0 Å². The summed E-state index contributed by atoms with van der Waals surface area (Å²) in [5, 5.41) is 32.4. The van der Waals surface area contributed by atoms with Crippen molar-refractivity contribution >= 4 is 11.8 Å². The van der Waals surface area contributed by atoms with Crippen molar-refractivity contribution in [3.63, 3.8) is 0 Å². The summed E-state index contributed by atoms with van der Waals surface area (Å²) in [6.45, 7) is 12.7. The number of ether oxygens (including phenoxy) is 1. The molecule has 1 aliphatic heterocycles. The molecule has 0 spiro atoms. The highest BCUT2D eigenvalue weighted by molar-refractivity contribution is 5.83. The van der Waals surface area contributed by atoms with Crippen LogP contribution in [0, 0.1) is 35.5 Å². The van der Waals surface area contributed by atoms with E-state index >= 15 is 0 Å². The van der Waals surface area contributed by atoms with Gasteiger partial charge in [0.15, 0.2) is 0 Å². The maximum atomic E-state index is 13.0. The molecule has 0 aliphatic carbocycles. The van der Waals surface area contributed by atoms with Crippen LogP contribution in [0.5, 0.6) is 0 Å². The van der Waals surface area contributed by atoms with E-state index in [1.54, 1.807) is 20.8 Å². The Morgan fingerprint density at radius 1 is 0.833 bits per heavy atom. The highest BCUT2D eigenvalue weighted by Gasteiger charge is 2.40. The predicted octanol–water partition coefficient (Wildman–Crippen LogP) is 3.35. The molecule has 6 heteroatoms. The first kappa shape index (κ1) is 27.1. The molecule has 3 N–H and O–H groups in total. The normalized spacial score (nSPS) is 42.5. The van der Waals surface area contributed by atoms with Gasteiger partial charge in [0.25, 0.3) is 0 Å². The second-order valence-corrected chi connectivity index (χ2v) is 9.75. The second-order valence-electron chi connectivity index (χ2n) is 9.75. The van der Waals surface area contributed by atoms with Gasteiger partial charge in [-0.2, -0.15) is 0 Å². The summed E-state index contributed by atoms with van der Waals surface area (Å²) >= 11 is 0. The summed E-state index contributed by atoms with van der Waals surface area (Å²) in [6, 6.07) is 0. The smallest absolute Gasteiger partial charge is 0.311 e. The van der Waals surface area contributed by atoms with E-state index in [-0.39, 0.29) is 17.6 Å². The van der Waals surface area contributed by atoms with E-state index in [0.717, 1.165) is 19.3 Å². The van der Waals surface area contributed by atoms with Crippen molar-refractivity contribution in [1.82, 2.24) is 0 Å². The Balaban J connectivity index is 3.23. The van der Waals surface area contributed by atoms with Crippen molar-refractivity contribution in [3.8, 4) is 0 Å². The number of rotatable bonds is 4. The van der Waals surface area contributed by atoms with Gasteiger partial charge in [0.05, 0.1) is 24.2 Å². The van der Waals surface area contributed by atoms with Gasteiger partial charge >= 0.3 is 5.97 Å². The number of carbonyl (C=O) groups excluding carboxylic acids is 2. The number of unbranched alkanes of at least 4 members (excludes halogenated alkanes) is 2. The molecule has 0 saturated carbocycles. The highest BCUT2D eigenvalue weighted by atomic mass is 16.5. The lowest BCUT2D eigenvalue weighted by atomic mass is 9.77. The SMILES string of the molecule is CCCCC[C@H]1OC(=O)[C@H](C)[C@@H](O)[C@H](C)[C@@H](O)[C@@H](C)C[C@@H](C)C(=O)[C@H](C)[C@@H](O)[C@H]1C. The van der Waals surface area contributed by atoms with E-state index in [0.29, 0.717) is 12.8 Å². The van der Waals surface area contributed by atoms with Gasteiger partial charge in [-0.05, 0) is 32.1 Å². The predicted molar refractivity (Wildman–Crippen MR) is 117 cm³/mol. The minimum Gasteiger partial charge on any atom is -0.462 e. The number of cyclic esters (lactones) is 1. The molecule has 0 bridgehead atoms. The van der Waals surface area contributed by atoms with E-state index in [4.69, 9.17) is 4.74 Å². The molecular weight excluding hydrogens is 384 g/mol. The molecular formula is C24H44O6. The first-order valence-corrected chi connectivity index (χ1v) is 11.7. The Kier molecular flexibility index (Phi) is 11.0. The number of aliphatic hydroxyl groups excluding tert-OH is 3. The van der Waals surface area contributed by atoms with Gasteiger partial charge in [0.1, 0.15) is 11.9 Å². The summed E-state index contributed by atoms with van der Waals surface area (Å²) in [5.41, 5.74) is 0. The van der Waals surface area contributed by atoms with Crippen molar-refractivity contribution in [2.24, 2.45) is 35.5 Å². The fourth-order valence-corrected chi connectivity index (χ4v) is 4.70. The molecule has 10 atom stereocenters. The van der Waals surface area contributed by atoms with Gasteiger partial charge in [-0.1, -0.05) is 54.4 Å². The van der Waals surface area contributed by atoms with Crippen LogP contribution in [0.25, 0.3) is 0 Å². The molecule has 1 aliphatic rings. The maximum Gasteiger partial charge on any atom is 0.311 e. The van der Waals surface area contributed by atoms with Gasteiger partial charge < -0.3 is 20.1 Å². The first-order chi connectivity index (χ1) is 13.9. The molecule has 0 aromatic heterocycles. The number of esters is 1. The van der Waals surface area contributed by atoms with Crippen LogP contribution in [0.15, 0.2) is 0 Å². The Morgan fingerprint density at radius 2 is 1.40 bits per heavy atom. The average Bonchev–Trinajstić information content (AvgIpc) is 2.73. The first-order valence-electron chi connectivity index (χ1n) is 11.7. The number of aliphatic hydroxyl groups is 3. The lowest BCUT2D eigenvalue weighted by Gasteiger charge is -2.36. The zero-order valence-electron chi connectivity index (χ0n) is 19.9. The standard InChI is InChI=1S/C24H44O6/c1-8-9-10-11-19-15(4)22(27)16(5)20(25)13(2)12-14(3)21(26)17(6)23(28)18(7)24(29)30-19/h13-19,21-23,26-28H,8-12H2,1-7H3/t13-,14+,15+,16+,17-,18-,19-,21+,22+,23+/m1/s1. The monoisotopic (exact) mass is 428 g/mol. The van der Waals surface area contributed by atoms with Crippen molar-refractivity contribution < 1.29 is 29.6 Å². The van der Waals surface area contributed by atoms with Crippen LogP contribution in [0.4, 0.5) is 0 Å². The fraction of sp³-hybridized carbons (Fsp3) is 0.917. The Hall–Kier alpha value is -0.980. The number of Topliss-reactive ketones (excluding diaryl/α,β-unsaturated/α-hetero) is 1. The summed E-state index contributed by atoms with van der Waals surface area (Å²) in [4.78, 5) is 25.8. The molecule has 30 heavy (non-hydrogen) atoms. The quantitative estimate of drug-likeness (QED) is 0.469. The Labute approximate surface area is 182 Å². The lowest BCUT2D eigenvalue weighted by molar-refractivity contribution is -0.166. The summed E-state index contributed by atoms with van der Waals surface area (Å²) in [6.07, 6.45) is 0.561. The van der Waals surface area contributed by atoms with E-state index in [9.17, 15) is 24.9 Å². The third kappa shape index (κ3) is 6.76. The molecule has 0 radical (unpaired) electrons. The van der Waals surface area contributed by atoms with Gasteiger partial charge in [-0.15, -0.1) is 0 Å². The maximum absolute atomic E-state index is 13.0. The molecule has 0 aromatic rings. The molecule has 1 saturated heterocycles. The fourth-order valence-electron chi connectivity index (χ4n) is 4.70. The van der Waals surface area contributed by atoms with Crippen LogP contribution in [0.2, 0.25) is 0 Å². The highest BCUT2D eigenvalue weighted by Crippen LogP contribution is 2.31. The summed E-state index contributed by atoms with van der Waals surface area (Å²) < 4.78 is 5.78. The zero-order valence-corrected chi connectivity index (χ0v) is 19.9. The molecule has 1 fully saturated rings. The average molecular weight is 429 g/mol. The van der Waals surface area contributed by atoms with E-state index in [1.165, 1.54) is 0 Å². The van der Waals surface area contributed by atoms with Crippen LogP contribution in [-0.4, -0.2) is 51.5 Å². The van der Waals surface area contributed by atoms with Crippen LogP contribution < -0.4 is 0 Å². The third-order valence-electron chi connectivity index (χ3n) is 7.20. The van der Waals surface area contributed by atoms with E-state index in [2.05, 4.69) is 6.92 Å². The number of ketones is 1.